The minimum absolute atomic E-state index is 0.0328. The summed E-state index contributed by atoms with van der Waals surface area (Å²) in [6.07, 6.45) is -2.73. The van der Waals surface area contributed by atoms with Crippen molar-refractivity contribution in [2.45, 2.75) is 32.0 Å². The van der Waals surface area contributed by atoms with Crippen molar-refractivity contribution < 1.29 is 22.7 Å². The van der Waals surface area contributed by atoms with E-state index < -0.39 is 29.4 Å². The molecule has 2 aliphatic rings. The van der Waals surface area contributed by atoms with Gasteiger partial charge in [-0.1, -0.05) is 35.3 Å². The molecule has 7 nitrogen and oxygen atoms in total. The second kappa shape index (κ2) is 12.1. The van der Waals surface area contributed by atoms with E-state index in [1.54, 1.807) is 13.0 Å². The van der Waals surface area contributed by atoms with Gasteiger partial charge in [0, 0.05) is 66.8 Å². The van der Waals surface area contributed by atoms with E-state index in [1.807, 2.05) is 29.2 Å². The van der Waals surface area contributed by atoms with Gasteiger partial charge in [-0.3, -0.25) is 4.68 Å². The predicted octanol–water partition coefficient (Wildman–Crippen LogP) is 6.65. The van der Waals surface area contributed by atoms with Crippen LogP contribution in [0.25, 0.3) is 11.1 Å². The minimum atomic E-state index is -4.78. The molecule has 2 saturated heterocycles. The molecule has 220 valence electrons. The zero-order valence-corrected chi connectivity index (χ0v) is 24.4. The van der Waals surface area contributed by atoms with Gasteiger partial charge in [-0.25, -0.2) is 4.79 Å². The van der Waals surface area contributed by atoms with Crippen LogP contribution in [0.4, 0.5) is 24.5 Å². The SMILES string of the molecule is CCOC(=O)c1cnn(C2CCCN(c3cc(Cl)ccc3-c3ccc(N4CCN(C)CC4)cc3Cl)C2)c1C(F)(F)F. The number of likely N-dealkylation sites (N-methyl/N-ethyl adjacent to an activating group) is 1. The Morgan fingerprint density at radius 1 is 1.02 bits per heavy atom. The zero-order valence-electron chi connectivity index (χ0n) is 22.9. The number of carbonyl (C=O) groups excluding carboxylic acids is 1. The summed E-state index contributed by atoms with van der Waals surface area (Å²) >= 11 is 13.3. The summed E-state index contributed by atoms with van der Waals surface area (Å²) in [5.41, 5.74) is 1.83. The molecule has 3 aromatic rings. The van der Waals surface area contributed by atoms with Gasteiger partial charge in [0.25, 0.3) is 0 Å². The number of benzene rings is 2. The van der Waals surface area contributed by atoms with Gasteiger partial charge in [0.05, 0.1) is 23.9 Å². The summed E-state index contributed by atoms with van der Waals surface area (Å²) in [4.78, 5) is 18.9. The smallest absolute Gasteiger partial charge is 0.433 e. The Morgan fingerprint density at radius 2 is 1.76 bits per heavy atom. The lowest BCUT2D eigenvalue weighted by Crippen LogP contribution is -2.44. The highest BCUT2D eigenvalue weighted by atomic mass is 35.5. The number of piperazine rings is 1. The fraction of sp³-hybridized carbons (Fsp3) is 0.448. The number of carbonyl (C=O) groups is 1. The van der Waals surface area contributed by atoms with E-state index >= 15 is 0 Å². The number of ether oxygens (including phenoxy) is 1. The average molecular weight is 611 g/mol. The molecule has 0 N–H and O–H groups in total. The Kier molecular flexibility index (Phi) is 8.73. The molecule has 0 saturated carbocycles. The number of anilines is 2. The molecular formula is C29H32Cl2F3N5O2. The first-order chi connectivity index (χ1) is 19.6. The summed E-state index contributed by atoms with van der Waals surface area (Å²) in [7, 11) is 2.11. The molecule has 1 atom stereocenters. The van der Waals surface area contributed by atoms with Gasteiger partial charge in [-0.2, -0.15) is 18.3 Å². The van der Waals surface area contributed by atoms with Crippen LogP contribution in [0.3, 0.4) is 0 Å². The Balaban J connectivity index is 1.46. The van der Waals surface area contributed by atoms with Crippen molar-refractivity contribution in [2.24, 2.45) is 0 Å². The highest BCUT2D eigenvalue weighted by molar-refractivity contribution is 6.34. The number of hydrogen-bond donors (Lipinski definition) is 0. The maximum absolute atomic E-state index is 14.2. The van der Waals surface area contributed by atoms with Crippen molar-refractivity contribution in [3.05, 3.63) is 63.9 Å². The molecule has 0 radical (unpaired) electrons. The van der Waals surface area contributed by atoms with E-state index in [1.165, 1.54) is 0 Å². The van der Waals surface area contributed by atoms with Crippen molar-refractivity contribution in [2.75, 3.05) is 62.7 Å². The van der Waals surface area contributed by atoms with Crippen LogP contribution in [0, 0.1) is 0 Å². The van der Waals surface area contributed by atoms with Crippen LogP contribution in [-0.4, -0.2) is 73.6 Å². The van der Waals surface area contributed by atoms with Crippen molar-refractivity contribution in [3.63, 3.8) is 0 Å². The van der Waals surface area contributed by atoms with Crippen LogP contribution in [-0.2, 0) is 10.9 Å². The fourth-order valence-corrected chi connectivity index (χ4v) is 6.07. The summed E-state index contributed by atoms with van der Waals surface area (Å²) in [5.74, 6) is -1.04. The Labute approximate surface area is 247 Å². The Morgan fingerprint density at radius 3 is 2.44 bits per heavy atom. The standard InChI is InChI=1S/C29H32Cl2F3N5O2/c1-3-41-28(40)24-17-35-39(27(24)29(32,33)34)21-5-4-10-38(18-21)26-15-19(30)6-8-23(26)22-9-7-20(16-25(22)31)37-13-11-36(2)12-14-37/h6-9,15-17,21H,3-5,10-14,18H2,1-2H3. The molecule has 0 bridgehead atoms. The molecule has 0 amide bonds. The summed E-state index contributed by atoms with van der Waals surface area (Å²) in [6.45, 7) is 6.16. The number of esters is 1. The third-order valence-electron chi connectivity index (χ3n) is 7.71. The third kappa shape index (κ3) is 6.29. The normalized spacial score (nSPS) is 18.6. The Bertz CT molecular complexity index is 1410. The summed E-state index contributed by atoms with van der Waals surface area (Å²) in [6, 6.07) is 10.9. The largest absolute Gasteiger partial charge is 0.462 e. The topological polar surface area (TPSA) is 53.8 Å². The van der Waals surface area contributed by atoms with Crippen molar-refractivity contribution in [3.8, 4) is 11.1 Å². The van der Waals surface area contributed by atoms with Gasteiger partial charge in [-0.15, -0.1) is 0 Å². The van der Waals surface area contributed by atoms with Crippen LogP contribution in [0.15, 0.2) is 42.6 Å². The number of alkyl halides is 3. The lowest BCUT2D eigenvalue weighted by molar-refractivity contribution is -0.145. The molecule has 2 aromatic carbocycles. The lowest BCUT2D eigenvalue weighted by Gasteiger charge is -2.36. The molecule has 41 heavy (non-hydrogen) atoms. The molecule has 0 spiro atoms. The van der Waals surface area contributed by atoms with Gasteiger partial charge in [-0.05, 0) is 51.1 Å². The number of halogens is 5. The summed E-state index contributed by atoms with van der Waals surface area (Å²) in [5, 5.41) is 5.12. The Hall–Kier alpha value is -2.95. The number of piperidine rings is 1. The van der Waals surface area contributed by atoms with Gasteiger partial charge in [0.1, 0.15) is 5.56 Å². The van der Waals surface area contributed by atoms with E-state index in [0.29, 0.717) is 29.4 Å². The minimum Gasteiger partial charge on any atom is -0.462 e. The molecule has 2 fully saturated rings. The van der Waals surface area contributed by atoms with E-state index in [0.717, 1.165) is 59.6 Å². The molecule has 1 unspecified atom stereocenters. The second-order valence-corrected chi connectivity index (χ2v) is 11.3. The highest BCUT2D eigenvalue weighted by Gasteiger charge is 2.42. The number of aromatic nitrogens is 2. The van der Waals surface area contributed by atoms with E-state index in [-0.39, 0.29) is 13.2 Å². The van der Waals surface area contributed by atoms with Crippen LogP contribution in [0.1, 0.15) is 41.9 Å². The van der Waals surface area contributed by atoms with Gasteiger partial charge < -0.3 is 19.4 Å². The van der Waals surface area contributed by atoms with E-state index in [2.05, 4.69) is 28.0 Å². The molecule has 1 aromatic heterocycles. The number of hydrogen-bond acceptors (Lipinski definition) is 6. The third-order valence-corrected chi connectivity index (χ3v) is 8.26. The van der Waals surface area contributed by atoms with Crippen molar-refractivity contribution in [1.82, 2.24) is 14.7 Å². The van der Waals surface area contributed by atoms with Crippen LogP contribution < -0.4 is 9.80 Å². The molecule has 0 aliphatic carbocycles. The molecule has 12 heteroatoms. The summed E-state index contributed by atoms with van der Waals surface area (Å²) < 4.78 is 48.3. The van der Waals surface area contributed by atoms with E-state index in [9.17, 15) is 18.0 Å². The highest BCUT2D eigenvalue weighted by Crippen LogP contribution is 2.42. The van der Waals surface area contributed by atoms with Gasteiger partial charge in [0.2, 0.25) is 0 Å². The van der Waals surface area contributed by atoms with Gasteiger partial charge >= 0.3 is 12.1 Å². The first-order valence-corrected chi connectivity index (χ1v) is 14.4. The first kappa shape index (κ1) is 29.5. The maximum atomic E-state index is 14.2. The molecular weight excluding hydrogens is 578 g/mol. The monoisotopic (exact) mass is 609 g/mol. The van der Waals surface area contributed by atoms with Crippen LogP contribution >= 0.6 is 23.2 Å². The number of nitrogens with zero attached hydrogens (tertiary/aromatic N) is 5. The maximum Gasteiger partial charge on any atom is 0.433 e. The number of rotatable bonds is 6. The van der Waals surface area contributed by atoms with Crippen LogP contribution in [0.2, 0.25) is 10.0 Å². The van der Waals surface area contributed by atoms with Gasteiger partial charge in [0.15, 0.2) is 5.69 Å². The first-order valence-electron chi connectivity index (χ1n) is 13.7. The van der Waals surface area contributed by atoms with E-state index in [4.69, 9.17) is 27.9 Å². The van der Waals surface area contributed by atoms with Crippen LogP contribution in [0.5, 0.6) is 0 Å². The second-order valence-electron chi connectivity index (χ2n) is 10.4. The fourth-order valence-electron chi connectivity index (χ4n) is 5.63. The average Bonchev–Trinajstić information content (AvgIpc) is 3.40. The predicted molar refractivity (Wildman–Crippen MR) is 155 cm³/mol. The van der Waals surface area contributed by atoms with Crippen molar-refractivity contribution >= 4 is 40.5 Å². The molecule has 2 aliphatic heterocycles. The van der Waals surface area contributed by atoms with Crippen molar-refractivity contribution in [1.29, 1.82) is 0 Å². The zero-order chi connectivity index (χ0) is 29.3. The lowest BCUT2D eigenvalue weighted by atomic mass is 9.99. The molecule has 5 rings (SSSR count). The quantitative estimate of drug-likeness (QED) is 0.292. The molecule has 3 heterocycles.